The molecule has 1 aromatic heterocycles. The third-order valence-corrected chi connectivity index (χ3v) is 3.34. The second-order valence-corrected chi connectivity index (χ2v) is 4.57. The van der Waals surface area contributed by atoms with Crippen LogP contribution < -0.4 is 4.90 Å². The molecule has 16 heavy (non-hydrogen) atoms. The molecular weight excluding hydrogens is 224 g/mol. The van der Waals surface area contributed by atoms with Crippen LogP contribution in [0.25, 0.3) is 0 Å². The highest BCUT2D eigenvalue weighted by atomic mass is 32.1. The van der Waals surface area contributed by atoms with Crippen LogP contribution in [0.1, 0.15) is 23.5 Å². The zero-order valence-corrected chi connectivity index (χ0v) is 10.1. The summed E-state index contributed by atoms with van der Waals surface area (Å²) in [6.45, 7) is 5.25. The molecule has 0 aromatic carbocycles. The van der Waals surface area contributed by atoms with E-state index in [0.29, 0.717) is 11.4 Å². The monoisotopic (exact) mass is 238 g/mol. The Labute approximate surface area is 98.7 Å². The van der Waals surface area contributed by atoms with Gasteiger partial charge < -0.3 is 10.0 Å². The minimum Gasteiger partial charge on any atom is -0.477 e. The number of nitrogens with zero attached hydrogens (tertiary/aromatic N) is 2. The van der Waals surface area contributed by atoms with Crippen LogP contribution in [-0.4, -0.2) is 24.2 Å². The molecule has 0 aliphatic rings. The van der Waals surface area contributed by atoms with Gasteiger partial charge in [0.2, 0.25) is 0 Å². The van der Waals surface area contributed by atoms with Crippen molar-refractivity contribution < 1.29 is 9.90 Å². The van der Waals surface area contributed by atoms with Crippen molar-refractivity contribution in [3.63, 3.8) is 0 Å². The number of carboxylic acids is 1. The van der Waals surface area contributed by atoms with E-state index < -0.39 is 5.97 Å². The van der Waals surface area contributed by atoms with Gasteiger partial charge in [0, 0.05) is 13.1 Å². The lowest BCUT2D eigenvalue weighted by Crippen LogP contribution is -2.26. The molecular formula is C11H14N2O2S. The molecule has 0 radical (unpaired) electrons. The first-order chi connectivity index (χ1) is 7.58. The number of nitriles is 1. The van der Waals surface area contributed by atoms with Crippen molar-refractivity contribution >= 4 is 22.3 Å². The summed E-state index contributed by atoms with van der Waals surface area (Å²) in [5.41, 5.74) is 0. The third-order valence-electron chi connectivity index (χ3n) is 2.21. The fraction of sp³-hybridized carbons (Fsp3) is 0.455. The lowest BCUT2D eigenvalue weighted by molar-refractivity contribution is 0.0702. The number of carbonyl (C=O) groups is 1. The van der Waals surface area contributed by atoms with Crippen LogP contribution in [0.15, 0.2) is 12.1 Å². The predicted octanol–water partition coefficient (Wildman–Crippen LogP) is 2.43. The van der Waals surface area contributed by atoms with Crippen molar-refractivity contribution in [1.82, 2.24) is 0 Å². The van der Waals surface area contributed by atoms with Crippen molar-refractivity contribution in [2.45, 2.75) is 13.8 Å². The number of thiophene rings is 1. The maximum atomic E-state index is 10.7. The molecule has 1 rings (SSSR count). The highest BCUT2D eigenvalue weighted by Gasteiger charge is 2.13. The fourth-order valence-electron chi connectivity index (χ4n) is 1.36. The van der Waals surface area contributed by atoms with Gasteiger partial charge in [0.1, 0.15) is 4.88 Å². The van der Waals surface area contributed by atoms with Crippen molar-refractivity contribution in [3.8, 4) is 6.07 Å². The number of aromatic carboxylic acids is 1. The van der Waals surface area contributed by atoms with E-state index in [0.717, 1.165) is 11.5 Å². The second-order valence-electron chi connectivity index (χ2n) is 3.51. The predicted molar refractivity (Wildman–Crippen MR) is 63.9 cm³/mol. The van der Waals surface area contributed by atoms with E-state index in [-0.39, 0.29) is 5.92 Å². The van der Waals surface area contributed by atoms with Gasteiger partial charge >= 0.3 is 5.97 Å². The van der Waals surface area contributed by atoms with Gasteiger partial charge in [0.05, 0.1) is 17.0 Å². The maximum absolute atomic E-state index is 10.7. The quantitative estimate of drug-likeness (QED) is 0.855. The molecule has 4 nitrogen and oxygen atoms in total. The highest BCUT2D eigenvalue weighted by Crippen LogP contribution is 2.26. The average molecular weight is 238 g/mol. The first-order valence-electron chi connectivity index (χ1n) is 5.06. The Morgan fingerprint density at radius 1 is 1.69 bits per heavy atom. The van der Waals surface area contributed by atoms with E-state index in [1.54, 1.807) is 12.1 Å². The van der Waals surface area contributed by atoms with E-state index in [9.17, 15) is 4.79 Å². The summed E-state index contributed by atoms with van der Waals surface area (Å²) in [4.78, 5) is 13.1. The number of carboxylic acid groups (broad SMARTS) is 1. The largest absolute Gasteiger partial charge is 0.477 e. The van der Waals surface area contributed by atoms with E-state index in [2.05, 4.69) is 6.07 Å². The molecule has 1 aromatic rings. The highest BCUT2D eigenvalue weighted by molar-refractivity contribution is 7.17. The Morgan fingerprint density at radius 3 is 2.81 bits per heavy atom. The van der Waals surface area contributed by atoms with Crippen LogP contribution in [0.3, 0.4) is 0 Å². The van der Waals surface area contributed by atoms with Gasteiger partial charge in [-0.1, -0.05) is 0 Å². The molecule has 0 fully saturated rings. The third kappa shape index (κ3) is 2.97. The molecule has 86 valence electrons. The van der Waals surface area contributed by atoms with E-state index in [4.69, 9.17) is 10.4 Å². The topological polar surface area (TPSA) is 64.3 Å². The summed E-state index contributed by atoms with van der Waals surface area (Å²) in [5.74, 6) is -0.962. The normalized spacial score (nSPS) is 11.8. The SMILES string of the molecule is CCN(CC(C)C#N)c1ccc(C(=O)O)s1. The molecule has 0 bridgehead atoms. The molecule has 1 unspecified atom stereocenters. The zero-order valence-electron chi connectivity index (χ0n) is 9.30. The van der Waals surface area contributed by atoms with Gasteiger partial charge in [-0.05, 0) is 26.0 Å². The van der Waals surface area contributed by atoms with Crippen LogP contribution in [0.4, 0.5) is 5.00 Å². The molecule has 1 heterocycles. The summed E-state index contributed by atoms with van der Waals surface area (Å²) in [6, 6.07) is 5.57. The maximum Gasteiger partial charge on any atom is 0.345 e. The van der Waals surface area contributed by atoms with Crippen molar-refractivity contribution in [2.75, 3.05) is 18.0 Å². The number of hydrogen-bond acceptors (Lipinski definition) is 4. The average Bonchev–Trinajstić information content (AvgIpc) is 2.74. The van der Waals surface area contributed by atoms with Gasteiger partial charge in [-0.2, -0.15) is 5.26 Å². The Hall–Kier alpha value is -1.54. The molecule has 0 spiro atoms. The van der Waals surface area contributed by atoms with Crippen LogP contribution >= 0.6 is 11.3 Å². The summed E-state index contributed by atoms with van der Waals surface area (Å²) in [5, 5.41) is 18.5. The number of hydrogen-bond donors (Lipinski definition) is 1. The Kier molecular flexibility index (Phi) is 4.32. The smallest absolute Gasteiger partial charge is 0.345 e. The first kappa shape index (κ1) is 12.5. The lowest BCUT2D eigenvalue weighted by atomic mass is 10.2. The molecule has 1 atom stereocenters. The summed E-state index contributed by atoms with van der Waals surface area (Å²) >= 11 is 1.24. The molecule has 0 aliphatic heterocycles. The molecule has 0 saturated heterocycles. The van der Waals surface area contributed by atoms with Gasteiger partial charge in [0.25, 0.3) is 0 Å². The van der Waals surface area contributed by atoms with E-state index >= 15 is 0 Å². The van der Waals surface area contributed by atoms with Gasteiger partial charge in [0.15, 0.2) is 0 Å². The lowest BCUT2D eigenvalue weighted by Gasteiger charge is -2.21. The molecule has 0 aliphatic carbocycles. The van der Waals surface area contributed by atoms with Gasteiger partial charge in [-0.15, -0.1) is 11.3 Å². The van der Waals surface area contributed by atoms with Crippen molar-refractivity contribution in [2.24, 2.45) is 5.92 Å². The van der Waals surface area contributed by atoms with Crippen molar-refractivity contribution in [1.29, 1.82) is 5.26 Å². The zero-order chi connectivity index (χ0) is 12.1. The summed E-state index contributed by atoms with van der Waals surface area (Å²) < 4.78 is 0. The van der Waals surface area contributed by atoms with Crippen LogP contribution in [0.5, 0.6) is 0 Å². The van der Waals surface area contributed by atoms with Crippen LogP contribution in [0, 0.1) is 17.2 Å². The number of rotatable bonds is 5. The van der Waals surface area contributed by atoms with Gasteiger partial charge in [-0.3, -0.25) is 0 Å². The van der Waals surface area contributed by atoms with Crippen LogP contribution in [-0.2, 0) is 0 Å². The summed E-state index contributed by atoms with van der Waals surface area (Å²) in [6.07, 6.45) is 0. The van der Waals surface area contributed by atoms with Crippen molar-refractivity contribution in [3.05, 3.63) is 17.0 Å². The molecule has 1 N–H and O–H groups in total. The van der Waals surface area contributed by atoms with E-state index in [1.165, 1.54) is 11.3 Å². The van der Waals surface area contributed by atoms with Gasteiger partial charge in [-0.25, -0.2) is 4.79 Å². The molecule has 0 saturated carbocycles. The minimum absolute atomic E-state index is 0.0599. The summed E-state index contributed by atoms with van der Waals surface area (Å²) in [7, 11) is 0. The first-order valence-corrected chi connectivity index (χ1v) is 5.87. The van der Waals surface area contributed by atoms with Crippen LogP contribution in [0.2, 0.25) is 0 Å². The molecule has 5 heteroatoms. The minimum atomic E-state index is -0.902. The fourth-order valence-corrected chi connectivity index (χ4v) is 2.28. The Bertz CT molecular complexity index is 408. The second kappa shape index (κ2) is 5.52. The standard InChI is InChI=1S/C11H14N2O2S/c1-3-13(7-8(2)6-12)10-5-4-9(16-10)11(14)15/h4-5,8H,3,7H2,1-2H3,(H,14,15). The molecule has 0 amide bonds. The van der Waals surface area contributed by atoms with E-state index in [1.807, 2.05) is 18.7 Å². The number of anilines is 1. The Morgan fingerprint density at radius 2 is 2.38 bits per heavy atom. The Balaban J connectivity index is 2.79.